The van der Waals surface area contributed by atoms with Gasteiger partial charge in [-0.3, -0.25) is 4.98 Å². The van der Waals surface area contributed by atoms with Gasteiger partial charge in [0.05, 0.1) is 11.8 Å². The maximum absolute atomic E-state index is 5.57. The topological polar surface area (TPSA) is 34.1 Å². The van der Waals surface area contributed by atoms with Gasteiger partial charge in [-0.1, -0.05) is 6.92 Å². The summed E-state index contributed by atoms with van der Waals surface area (Å²) in [5, 5.41) is 3.23. The number of nitrogens with zero attached hydrogens (tertiary/aromatic N) is 1. The van der Waals surface area contributed by atoms with Crippen molar-refractivity contribution in [1.82, 2.24) is 10.3 Å². The van der Waals surface area contributed by atoms with Gasteiger partial charge in [-0.2, -0.15) is 0 Å². The minimum atomic E-state index is 0.212. The second kappa shape index (κ2) is 5.60. The van der Waals surface area contributed by atoms with Gasteiger partial charge in [-0.05, 0) is 26.5 Å². The Morgan fingerprint density at radius 3 is 2.93 bits per heavy atom. The fraction of sp³-hybridized carbons (Fsp3) is 0.545. The average molecular weight is 194 g/mol. The van der Waals surface area contributed by atoms with Gasteiger partial charge < -0.3 is 10.1 Å². The van der Waals surface area contributed by atoms with Crippen molar-refractivity contribution in [1.29, 1.82) is 0 Å². The molecular formula is C11H18N2O. The van der Waals surface area contributed by atoms with Crippen molar-refractivity contribution in [2.45, 2.75) is 33.4 Å². The molecule has 0 aliphatic rings. The molecular weight excluding hydrogens is 176 g/mol. The highest BCUT2D eigenvalue weighted by atomic mass is 16.5. The summed E-state index contributed by atoms with van der Waals surface area (Å²) in [6, 6.07) is 3.86. The molecule has 1 heterocycles. The highest BCUT2D eigenvalue weighted by Gasteiger charge is 1.99. The number of aromatic nitrogens is 1. The molecule has 0 atom stereocenters. The summed E-state index contributed by atoms with van der Waals surface area (Å²) >= 11 is 0. The van der Waals surface area contributed by atoms with E-state index >= 15 is 0 Å². The molecule has 0 aromatic carbocycles. The first-order valence-electron chi connectivity index (χ1n) is 5.04. The summed E-state index contributed by atoms with van der Waals surface area (Å²) in [5.74, 6) is 0.892. The molecule has 0 unspecified atom stereocenters. The maximum Gasteiger partial charge on any atom is 0.123 e. The Labute approximate surface area is 85.5 Å². The SMILES string of the molecule is CCNCc1cc(OC(C)C)ccn1. The summed E-state index contributed by atoms with van der Waals surface area (Å²) in [4.78, 5) is 4.24. The van der Waals surface area contributed by atoms with Crippen molar-refractivity contribution >= 4 is 0 Å². The van der Waals surface area contributed by atoms with Gasteiger partial charge in [-0.15, -0.1) is 0 Å². The average Bonchev–Trinajstić information content (AvgIpc) is 2.14. The highest BCUT2D eigenvalue weighted by Crippen LogP contribution is 2.12. The Bertz CT molecular complexity index is 274. The lowest BCUT2D eigenvalue weighted by atomic mass is 10.3. The van der Waals surface area contributed by atoms with Crippen molar-refractivity contribution < 1.29 is 4.74 Å². The second-order valence-corrected chi connectivity index (χ2v) is 3.43. The van der Waals surface area contributed by atoms with E-state index in [2.05, 4.69) is 17.2 Å². The lowest BCUT2D eigenvalue weighted by molar-refractivity contribution is 0.242. The van der Waals surface area contributed by atoms with Gasteiger partial charge in [0.25, 0.3) is 0 Å². The van der Waals surface area contributed by atoms with Crippen molar-refractivity contribution in [3.05, 3.63) is 24.0 Å². The van der Waals surface area contributed by atoms with Crippen molar-refractivity contribution in [3.63, 3.8) is 0 Å². The molecule has 0 amide bonds. The van der Waals surface area contributed by atoms with E-state index in [0.717, 1.165) is 24.5 Å². The molecule has 0 aliphatic heterocycles. The number of hydrogen-bond acceptors (Lipinski definition) is 3. The summed E-state index contributed by atoms with van der Waals surface area (Å²) in [5.41, 5.74) is 1.02. The molecule has 0 aliphatic carbocycles. The Morgan fingerprint density at radius 2 is 2.29 bits per heavy atom. The number of ether oxygens (including phenoxy) is 1. The molecule has 0 radical (unpaired) electrons. The van der Waals surface area contributed by atoms with Gasteiger partial charge in [-0.25, -0.2) is 0 Å². The highest BCUT2D eigenvalue weighted by molar-refractivity contribution is 5.22. The molecule has 0 spiro atoms. The van der Waals surface area contributed by atoms with Crippen LogP contribution < -0.4 is 10.1 Å². The van der Waals surface area contributed by atoms with E-state index in [9.17, 15) is 0 Å². The Morgan fingerprint density at radius 1 is 1.50 bits per heavy atom. The van der Waals surface area contributed by atoms with E-state index in [1.54, 1.807) is 6.20 Å². The van der Waals surface area contributed by atoms with Crippen LogP contribution in [0.1, 0.15) is 26.5 Å². The van der Waals surface area contributed by atoms with E-state index in [1.807, 2.05) is 26.0 Å². The van der Waals surface area contributed by atoms with Crippen LogP contribution in [-0.2, 0) is 6.54 Å². The van der Waals surface area contributed by atoms with Gasteiger partial charge in [0.1, 0.15) is 5.75 Å². The van der Waals surface area contributed by atoms with Gasteiger partial charge in [0.15, 0.2) is 0 Å². The van der Waals surface area contributed by atoms with Gasteiger partial charge in [0.2, 0.25) is 0 Å². The molecule has 3 nitrogen and oxygen atoms in total. The summed E-state index contributed by atoms with van der Waals surface area (Å²) < 4.78 is 5.57. The van der Waals surface area contributed by atoms with Crippen LogP contribution in [0, 0.1) is 0 Å². The van der Waals surface area contributed by atoms with Crippen LogP contribution in [-0.4, -0.2) is 17.6 Å². The third-order valence-corrected chi connectivity index (χ3v) is 1.72. The van der Waals surface area contributed by atoms with Gasteiger partial charge >= 0.3 is 0 Å². The monoisotopic (exact) mass is 194 g/mol. The van der Waals surface area contributed by atoms with Crippen LogP contribution in [0.2, 0.25) is 0 Å². The van der Waals surface area contributed by atoms with Crippen LogP contribution in [0.4, 0.5) is 0 Å². The quantitative estimate of drug-likeness (QED) is 0.778. The fourth-order valence-corrected chi connectivity index (χ4v) is 1.15. The Kier molecular flexibility index (Phi) is 4.40. The van der Waals surface area contributed by atoms with Crippen LogP contribution in [0.25, 0.3) is 0 Å². The largest absolute Gasteiger partial charge is 0.491 e. The van der Waals surface area contributed by atoms with Crippen LogP contribution in [0.15, 0.2) is 18.3 Å². The van der Waals surface area contributed by atoms with Crippen molar-refractivity contribution in [2.75, 3.05) is 6.54 Å². The molecule has 14 heavy (non-hydrogen) atoms. The summed E-state index contributed by atoms with van der Waals surface area (Å²) in [6.45, 7) is 7.87. The lowest BCUT2D eigenvalue weighted by Crippen LogP contribution is -2.13. The number of nitrogens with one attached hydrogen (secondary N) is 1. The minimum absolute atomic E-state index is 0.212. The molecule has 78 valence electrons. The first-order valence-corrected chi connectivity index (χ1v) is 5.04. The minimum Gasteiger partial charge on any atom is -0.491 e. The molecule has 1 N–H and O–H groups in total. The van der Waals surface area contributed by atoms with Crippen molar-refractivity contribution in [3.8, 4) is 5.75 Å². The van der Waals surface area contributed by atoms with Crippen LogP contribution in [0.3, 0.4) is 0 Å². The number of hydrogen-bond donors (Lipinski definition) is 1. The molecule has 0 saturated heterocycles. The fourth-order valence-electron chi connectivity index (χ4n) is 1.15. The number of rotatable bonds is 5. The molecule has 0 saturated carbocycles. The third kappa shape index (κ3) is 3.75. The maximum atomic E-state index is 5.57. The van der Waals surface area contributed by atoms with E-state index < -0.39 is 0 Å². The first-order chi connectivity index (χ1) is 6.72. The predicted octanol–water partition coefficient (Wildman–Crippen LogP) is 1.98. The van der Waals surface area contributed by atoms with E-state index in [-0.39, 0.29) is 6.10 Å². The molecule has 1 rings (SSSR count). The smallest absolute Gasteiger partial charge is 0.123 e. The van der Waals surface area contributed by atoms with Crippen LogP contribution >= 0.6 is 0 Å². The second-order valence-electron chi connectivity index (χ2n) is 3.43. The van der Waals surface area contributed by atoms with Gasteiger partial charge in [0, 0.05) is 18.8 Å². The number of pyridine rings is 1. The molecule has 0 fully saturated rings. The summed E-state index contributed by atoms with van der Waals surface area (Å²) in [7, 11) is 0. The van der Waals surface area contributed by atoms with E-state index in [0.29, 0.717) is 0 Å². The van der Waals surface area contributed by atoms with E-state index in [4.69, 9.17) is 4.74 Å². The van der Waals surface area contributed by atoms with Crippen molar-refractivity contribution in [2.24, 2.45) is 0 Å². The van der Waals surface area contributed by atoms with Crippen LogP contribution in [0.5, 0.6) is 5.75 Å². The lowest BCUT2D eigenvalue weighted by Gasteiger charge is -2.10. The normalized spacial score (nSPS) is 10.6. The molecule has 3 heteroatoms. The molecule has 1 aromatic heterocycles. The Hall–Kier alpha value is -1.09. The molecule has 0 bridgehead atoms. The standard InChI is InChI=1S/C11H18N2O/c1-4-12-8-10-7-11(5-6-13-10)14-9(2)3/h5-7,9,12H,4,8H2,1-3H3. The van der Waals surface area contributed by atoms with E-state index in [1.165, 1.54) is 0 Å². The zero-order chi connectivity index (χ0) is 10.4. The molecule has 1 aromatic rings. The predicted molar refractivity (Wildman–Crippen MR) is 57.4 cm³/mol. The zero-order valence-corrected chi connectivity index (χ0v) is 9.08. The Balaban J connectivity index is 2.59. The summed E-state index contributed by atoms with van der Waals surface area (Å²) in [6.07, 6.45) is 1.99. The first kappa shape index (κ1) is 11.0. The third-order valence-electron chi connectivity index (χ3n) is 1.72. The zero-order valence-electron chi connectivity index (χ0n) is 9.08.